The van der Waals surface area contributed by atoms with Gasteiger partial charge < -0.3 is 10.1 Å². The molecule has 74 valence electrons. The number of hydrogen-bond donors (Lipinski definition) is 1. The SMILES string of the molecule is C=CC(=O)NCc1ccc(OC)nn1. The summed E-state index contributed by atoms with van der Waals surface area (Å²) in [5.41, 5.74) is 0.668. The van der Waals surface area contributed by atoms with Gasteiger partial charge in [-0.2, -0.15) is 5.10 Å². The largest absolute Gasteiger partial charge is 0.480 e. The second-order valence-electron chi connectivity index (χ2n) is 2.49. The van der Waals surface area contributed by atoms with Crippen LogP contribution < -0.4 is 10.1 Å². The molecule has 0 atom stereocenters. The predicted molar refractivity (Wildman–Crippen MR) is 50.6 cm³/mol. The quantitative estimate of drug-likeness (QED) is 0.698. The Morgan fingerprint density at radius 1 is 1.64 bits per heavy atom. The first-order valence-corrected chi connectivity index (χ1v) is 4.03. The van der Waals surface area contributed by atoms with Gasteiger partial charge in [0, 0.05) is 6.07 Å². The third kappa shape index (κ3) is 2.85. The highest BCUT2D eigenvalue weighted by atomic mass is 16.5. The van der Waals surface area contributed by atoms with E-state index in [0.717, 1.165) is 0 Å². The third-order valence-electron chi connectivity index (χ3n) is 1.53. The van der Waals surface area contributed by atoms with Gasteiger partial charge in [-0.3, -0.25) is 4.79 Å². The first-order valence-electron chi connectivity index (χ1n) is 4.03. The summed E-state index contributed by atoms with van der Waals surface area (Å²) in [6.45, 7) is 3.67. The van der Waals surface area contributed by atoms with E-state index in [-0.39, 0.29) is 5.91 Å². The van der Waals surface area contributed by atoms with Gasteiger partial charge in [0.2, 0.25) is 11.8 Å². The number of methoxy groups -OCH3 is 1. The fraction of sp³-hybridized carbons (Fsp3) is 0.222. The number of ether oxygens (including phenoxy) is 1. The van der Waals surface area contributed by atoms with Crippen molar-refractivity contribution in [3.05, 3.63) is 30.5 Å². The fourth-order valence-electron chi connectivity index (χ4n) is 0.801. The van der Waals surface area contributed by atoms with E-state index in [1.54, 1.807) is 12.1 Å². The predicted octanol–water partition coefficient (Wildman–Crippen LogP) is 0.287. The number of rotatable bonds is 4. The van der Waals surface area contributed by atoms with Crippen LogP contribution in [0.4, 0.5) is 0 Å². The van der Waals surface area contributed by atoms with Gasteiger partial charge in [0.15, 0.2) is 0 Å². The van der Waals surface area contributed by atoms with E-state index in [2.05, 4.69) is 22.1 Å². The van der Waals surface area contributed by atoms with Crippen LogP contribution >= 0.6 is 0 Å². The van der Waals surface area contributed by atoms with Crippen LogP contribution in [-0.4, -0.2) is 23.2 Å². The molecular weight excluding hydrogens is 182 g/mol. The number of carbonyl (C=O) groups is 1. The van der Waals surface area contributed by atoms with Gasteiger partial charge in [-0.05, 0) is 12.1 Å². The third-order valence-corrected chi connectivity index (χ3v) is 1.53. The minimum atomic E-state index is -0.234. The highest BCUT2D eigenvalue weighted by Crippen LogP contribution is 2.02. The molecule has 0 unspecified atom stereocenters. The highest BCUT2D eigenvalue weighted by Gasteiger charge is 1.98. The topological polar surface area (TPSA) is 64.1 Å². The summed E-state index contributed by atoms with van der Waals surface area (Å²) in [6, 6.07) is 3.41. The van der Waals surface area contributed by atoms with Gasteiger partial charge >= 0.3 is 0 Å². The molecule has 14 heavy (non-hydrogen) atoms. The molecular formula is C9H11N3O2. The average molecular weight is 193 g/mol. The molecule has 1 N–H and O–H groups in total. The molecule has 0 spiro atoms. The Kier molecular flexibility index (Phi) is 3.60. The lowest BCUT2D eigenvalue weighted by Gasteiger charge is -2.01. The van der Waals surface area contributed by atoms with Crippen molar-refractivity contribution < 1.29 is 9.53 Å². The molecule has 1 amide bonds. The molecule has 0 aliphatic carbocycles. The second-order valence-corrected chi connectivity index (χ2v) is 2.49. The molecule has 1 rings (SSSR count). The molecule has 0 saturated carbocycles. The Morgan fingerprint density at radius 2 is 2.43 bits per heavy atom. The number of nitrogens with zero attached hydrogens (tertiary/aromatic N) is 2. The van der Waals surface area contributed by atoms with E-state index in [1.165, 1.54) is 13.2 Å². The monoisotopic (exact) mass is 193 g/mol. The van der Waals surface area contributed by atoms with Crippen molar-refractivity contribution in [3.63, 3.8) is 0 Å². The molecule has 0 saturated heterocycles. The van der Waals surface area contributed by atoms with Crippen molar-refractivity contribution in [2.24, 2.45) is 0 Å². The van der Waals surface area contributed by atoms with Gasteiger partial charge in [-0.1, -0.05) is 6.58 Å². The molecule has 5 nitrogen and oxygen atoms in total. The standard InChI is InChI=1S/C9H11N3O2/c1-3-8(13)10-6-7-4-5-9(14-2)12-11-7/h3-5H,1,6H2,2H3,(H,10,13). The minimum Gasteiger partial charge on any atom is -0.480 e. The number of amides is 1. The van der Waals surface area contributed by atoms with Crippen molar-refractivity contribution >= 4 is 5.91 Å². The Labute approximate surface area is 81.8 Å². The van der Waals surface area contributed by atoms with E-state index in [0.29, 0.717) is 18.1 Å². The van der Waals surface area contributed by atoms with Gasteiger partial charge in [0.1, 0.15) is 0 Å². The molecule has 0 aliphatic heterocycles. The number of carbonyl (C=O) groups excluding carboxylic acids is 1. The maximum atomic E-state index is 10.8. The van der Waals surface area contributed by atoms with E-state index in [4.69, 9.17) is 4.74 Å². The van der Waals surface area contributed by atoms with Crippen molar-refractivity contribution in [2.75, 3.05) is 7.11 Å². The second kappa shape index (κ2) is 4.96. The normalized spacial score (nSPS) is 9.21. The smallest absolute Gasteiger partial charge is 0.243 e. The zero-order chi connectivity index (χ0) is 10.4. The lowest BCUT2D eigenvalue weighted by atomic mass is 10.4. The molecule has 0 bridgehead atoms. The zero-order valence-electron chi connectivity index (χ0n) is 7.86. The minimum absolute atomic E-state index is 0.234. The van der Waals surface area contributed by atoms with Crippen LogP contribution in [0.1, 0.15) is 5.69 Å². The Bertz CT molecular complexity index is 321. The van der Waals surface area contributed by atoms with Crippen molar-refractivity contribution in [2.45, 2.75) is 6.54 Å². The molecule has 1 aromatic heterocycles. The molecule has 0 aliphatic rings. The molecule has 0 aromatic carbocycles. The summed E-state index contributed by atoms with van der Waals surface area (Å²) in [5.74, 6) is 0.214. The van der Waals surface area contributed by atoms with Crippen molar-refractivity contribution in [1.29, 1.82) is 0 Å². The molecule has 5 heteroatoms. The Balaban J connectivity index is 2.51. The first kappa shape index (κ1) is 10.2. The van der Waals surface area contributed by atoms with Crippen LogP contribution in [-0.2, 0) is 11.3 Å². The zero-order valence-corrected chi connectivity index (χ0v) is 7.86. The molecule has 0 radical (unpaired) electrons. The molecule has 1 aromatic rings. The maximum Gasteiger partial charge on any atom is 0.243 e. The lowest BCUT2D eigenvalue weighted by Crippen LogP contribution is -2.20. The summed E-state index contributed by atoms with van der Waals surface area (Å²) in [7, 11) is 1.52. The number of hydrogen-bond acceptors (Lipinski definition) is 4. The first-order chi connectivity index (χ1) is 6.76. The van der Waals surface area contributed by atoms with E-state index >= 15 is 0 Å². The molecule has 1 heterocycles. The van der Waals surface area contributed by atoms with Crippen LogP contribution in [0.2, 0.25) is 0 Å². The van der Waals surface area contributed by atoms with E-state index in [9.17, 15) is 4.79 Å². The highest BCUT2D eigenvalue weighted by molar-refractivity contribution is 5.86. The Hall–Kier alpha value is -1.91. The van der Waals surface area contributed by atoms with Gasteiger partial charge in [-0.25, -0.2) is 0 Å². The van der Waals surface area contributed by atoms with Crippen LogP contribution in [0.5, 0.6) is 5.88 Å². The number of aromatic nitrogens is 2. The lowest BCUT2D eigenvalue weighted by molar-refractivity contribution is -0.116. The van der Waals surface area contributed by atoms with Crippen molar-refractivity contribution in [1.82, 2.24) is 15.5 Å². The van der Waals surface area contributed by atoms with Crippen LogP contribution in [0.25, 0.3) is 0 Å². The van der Waals surface area contributed by atoms with Gasteiger partial charge in [0.25, 0.3) is 0 Å². The van der Waals surface area contributed by atoms with E-state index in [1.807, 2.05) is 0 Å². The summed E-state index contributed by atoms with van der Waals surface area (Å²) in [6.07, 6.45) is 1.21. The summed E-state index contributed by atoms with van der Waals surface area (Å²) < 4.78 is 4.84. The van der Waals surface area contributed by atoms with Crippen LogP contribution in [0.15, 0.2) is 24.8 Å². The summed E-state index contributed by atoms with van der Waals surface area (Å²) in [4.78, 5) is 10.8. The maximum absolute atomic E-state index is 10.8. The van der Waals surface area contributed by atoms with Crippen LogP contribution in [0, 0.1) is 0 Å². The molecule has 0 fully saturated rings. The Morgan fingerprint density at radius 3 is 2.93 bits per heavy atom. The fourth-order valence-corrected chi connectivity index (χ4v) is 0.801. The van der Waals surface area contributed by atoms with E-state index < -0.39 is 0 Å². The average Bonchev–Trinajstić information content (AvgIpc) is 2.26. The summed E-state index contributed by atoms with van der Waals surface area (Å²) >= 11 is 0. The summed E-state index contributed by atoms with van der Waals surface area (Å²) in [5, 5.41) is 10.2. The van der Waals surface area contributed by atoms with Crippen LogP contribution in [0.3, 0.4) is 0 Å². The van der Waals surface area contributed by atoms with Gasteiger partial charge in [0.05, 0.1) is 19.3 Å². The van der Waals surface area contributed by atoms with Gasteiger partial charge in [-0.15, -0.1) is 5.10 Å². The number of nitrogens with one attached hydrogen (secondary N) is 1. The van der Waals surface area contributed by atoms with Crippen molar-refractivity contribution in [3.8, 4) is 5.88 Å².